The Balaban J connectivity index is 2.40. The lowest BCUT2D eigenvalue weighted by Crippen LogP contribution is -2.32. The van der Waals surface area contributed by atoms with Gasteiger partial charge in [-0.2, -0.15) is 11.8 Å². The molecule has 0 bridgehead atoms. The van der Waals surface area contributed by atoms with Gasteiger partial charge >= 0.3 is 0 Å². The molecule has 0 aromatic carbocycles. The lowest BCUT2D eigenvalue weighted by Gasteiger charge is -2.16. The van der Waals surface area contributed by atoms with E-state index in [4.69, 9.17) is 5.11 Å². The second kappa shape index (κ2) is 2.25. The molecule has 1 atom stereocenters. The Kier molecular flexibility index (Phi) is 1.80. The summed E-state index contributed by atoms with van der Waals surface area (Å²) >= 11 is 1.70. The molecule has 3 heteroatoms. The summed E-state index contributed by atoms with van der Waals surface area (Å²) in [5, 5.41) is 17.8. The fraction of sp³-hybridized carbons (Fsp3) is 1.00. The van der Waals surface area contributed by atoms with Gasteiger partial charge in [0, 0.05) is 5.75 Å². The number of thioether (sulfide) groups is 1. The molecule has 1 saturated heterocycles. The van der Waals surface area contributed by atoms with Crippen molar-refractivity contribution in [1.29, 1.82) is 0 Å². The van der Waals surface area contributed by atoms with Crippen LogP contribution in [0.2, 0.25) is 0 Å². The van der Waals surface area contributed by atoms with Crippen LogP contribution in [0.1, 0.15) is 6.42 Å². The maximum Gasteiger partial charge on any atom is 0.0974 e. The van der Waals surface area contributed by atoms with E-state index in [0.717, 1.165) is 12.2 Å². The lowest BCUT2D eigenvalue weighted by molar-refractivity contribution is 0.00877. The van der Waals surface area contributed by atoms with E-state index in [1.807, 2.05) is 0 Å². The van der Waals surface area contributed by atoms with Gasteiger partial charge < -0.3 is 10.2 Å². The minimum atomic E-state index is -0.745. The molecule has 0 amide bonds. The minimum absolute atomic E-state index is 0.0833. The van der Waals surface area contributed by atoms with E-state index in [1.165, 1.54) is 0 Å². The van der Waals surface area contributed by atoms with E-state index in [-0.39, 0.29) is 6.61 Å². The standard InChI is InChI=1S/C5H10O2S/c6-3-5(7)1-2-8-4-5/h6-7H,1-4H2. The molecule has 0 aromatic rings. The van der Waals surface area contributed by atoms with Crippen molar-refractivity contribution in [1.82, 2.24) is 0 Å². The first-order valence-corrected chi connectivity index (χ1v) is 3.83. The zero-order chi connectivity index (χ0) is 6.04. The summed E-state index contributed by atoms with van der Waals surface area (Å²) in [5.74, 6) is 1.68. The summed E-state index contributed by atoms with van der Waals surface area (Å²) in [6.45, 7) is -0.0833. The van der Waals surface area contributed by atoms with Crippen molar-refractivity contribution in [2.24, 2.45) is 0 Å². The van der Waals surface area contributed by atoms with Crippen molar-refractivity contribution in [2.75, 3.05) is 18.1 Å². The first kappa shape index (κ1) is 6.39. The number of aliphatic hydroxyl groups excluding tert-OH is 1. The second-order valence-electron chi connectivity index (χ2n) is 2.19. The molecule has 1 unspecified atom stereocenters. The van der Waals surface area contributed by atoms with Gasteiger partial charge in [0.05, 0.1) is 12.2 Å². The molecule has 2 nitrogen and oxygen atoms in total. The van der Waals surface area contributed by atoms with Crippen LogP contribution in [0.4, 0.5) is 0 Å². The third-order valence-corrected chi connectivity index (χ3v) is 2.61. The van der Waals surface area contributed by atoms with Crippen LogP contribution in [-0.4, -0.2) is 33.9 Å². The molecular formula is C5H10O2S. The fourth-order valence-corrected chi connectivity index (χ4v) is 2.01. The largest absolute Gasteiger partial charge is 0.393 e. The molecule has 0 aromatic heterocycles. The second-order valence-corrected chi connectivity index (χ2v) is 3.29. The molecule has 2 N–H and O–H groups in total. The monoisotopic (exact) mass is 134 g/mol. The van der Waals surface area contributed by atoms with Gasteiger partial charge in [-0.05, 0) is 12.2 Å². The van der Waals surface area contributed by atoms with Crippen LogP contribution in [-0.2, 0) is 0 Å². The number of rotatable bonds is 1. The average Bonchev–Trinajstić information content (AvgIpc) is 2.17. The fourth-order valence-electron chi connectivity index (χ4n) is 0.721. The van der Waals surface area contributed by atoms with Crippen molar-refractivity contribution in [2.45, 2.75) is 12.0 Å². The number of hydrogen-bond donors (Lipinski definition) is 2. The van der Waals surface area contributed by atoms with Crippen molar-refractivity contribution >= 4 is 11.8 Å². The zero-order valence-electron chi connectivity index (χ0n) is 4.63. The van der Waals surface area contributed by atoms with Crippen LogP contribution < -0.4 is 0 Å². The van der Waals surface area contributed by atoms with E-state index in [2.05, 4.69) is 0 Å². The maximum absolute atomic E-state index is 9.23. The minimum Gasteiger partial charge on any atom is -0.393 e. The van der Waals surface area contributed by atoms with E-state index in [9.17, 15) is 5.11 Å². The molecule has 48 valence electrons. The molecular weight excluding hydrogens is 124 g/mol. The van der Waals surface area contributed by atoms with Gasteiger partial charge in [-0.3, -0.25) is 0 Å². The molecule has 1 aliphatic heterocycles. The zero-order valence-corrected chi connectivity index (χ0v) is 5.45. The van der Waals surface area contributed by atoms with Gasteiger partial charge in [-0.1, -0.05) is 0 Å². The number of aliphatic hydroxyl groups is 2. The highest BCUT2D eigenvalue weighted by Crippen LogP contribution is 2.26. The van der Waals surface area contributed by atoms with Gasteiger partial charge in [0.25, 0.3) is 0 Å². The molecule has 8 heavy (non-hydrogen) atoms. The van der Waals surface area contributed by atoms with Gasteiger partial charge in [0.2, 0.25) is 0 Å². The first-order valence-electron chi connectivity index (χ1n) is 2.68. The summed E-state index contributed by atoms with van der Waals surface area (Å²) in [6, 6.07) is 0. The van der Waals surface area contributed by atoms with Gasteiger partial charge in [0.1, 0.15) is 0 Å². The highest BCUT2D eigenvalue weighted by atomic mass is 32.2. The Morgan fingerprint density at radius 2 is 2.38 bits per heavy atom. The van der Waals surface area contributed by atoms with E-state index in [1.54, 1.807) is 11.8 Å². The van der Waals surface area contributed by atoms with Crippen LogP contribution >= 0.6 is 11.8 Å². The Hall–Kier alpha value is 0.270. The van der Waals surface area contributed by atoms with Crippen LogP contribution in [0.15, 0.2) is 0 Å². The molecule has 0 radical (unpaired) electrons. The van der Waals surface area contributed by atoms with Crippen molar-refractivity contribution in [3.05, 3.63) is 0 Å². The van der Waals surface area contributed by atoms with Crippen LogP contribution in [0, 0.1) is 0 Å². The summed E-state index contributed by atoms with van der Waals surface area (Å²) in [4.78, 5) is 0. The highest BCUT2D eigenvalue weighted by molar-refractivity contribution is 7.99. The third kappa shape index (κ3) is 1.16. The lowest BCUT2D eigenvalue weighted by atomic mass is 10.1. The first-order chi connectivity index (χ1) is 3.77. The van der Waals surface area contributed by atoms with Crippen molar-refractivity contribution in [3.63, 3.8) is 0 Å². The Morgan fingerprint density at radius 1 is 1.62 bits per heavy atom. The van der Waals surface area contributed by atoms with Crippen molar-refractivity contribution < 1.29 is 10.2 Å². The van der Waals surface area contributed by atoms with Crippen molar-refractivity contribution in [3.8, 4) is 0 Å². The molecule has 0 spiro atoms. The molecule has 1 rings (SSSR count). The third-order valence-electron chi connectivity index (χ3n) is 1.38. The maximum atomic E-state index is 9.23. The van der Waals surface area contributed by atoms with Crippen LogP contribution in [0.3, 0.4) is 0 Å². The summed E-state index contributed by atoms with van der Waals surface area (Å²) < 4.78 is 0. The summed E-state index contributed by atoms with van der Waals surface area (Å²) in [6.07, 6.45) is 0.744. The van der Waals surface area contributed by atoms with E-state index in [0.29, 0.717) is 5.75 Å². The smallest absolute Gasteiger partial charge is 0.0974 e. The van der Waals surface area contributed by atoms with Gasteiger partial charge in [0.15, 0.2) is 0 Å². The Labute approximate surface area is 52.9 Å². The Bertz CT molecular complexity index is 78.5. The predicted octanol–water partition coefficient (Wildman–Crippen LogP) is -0.153. The molecule has 1 aliphatic rings. The average molecular weight is 134 g/mol. The number of hydrogen-bond acceptors (Lipinski definition) is 3. The molecule has 0 saturated carbocycles. The summed E-state index contributed by atoms with van der Waals surface area (Å²) in [5.41, 5.74) is -0.745. The summed E-state index contributed by atoms with van der Waals surface area (Å²) in [7, 11) is 0. The van der Waals surface area contributed by atoms with Gasteiger partial charge in [-0.15, -0.1) is 0 Å². The quantitative estimate of drug-likeness (QED) is 0.524. The molecule has 1 fully saturated rings. The highest BCUT2D eigenvalue weighted by Gasteiger charge is 2.30. The van der Waals surface area contributed by atoms with E-state index < -0.39 is 5.60 Å². The molecule has 0 aliphatic carbocycles. The SMILES string of the molecule is OCC1(O)CCSC1. The predicted molar refractivity (Wildman–Crippen MR) is 34.0 cm³/mol. The van der Waals surface area contributed by atoms with Crippen LogP contribution in [0.5, 0.6) is 0 Å². The van der Waals surface area contributed by atoms with Crippen LogP contribution in [0.25, 0.3) is 0 Å². The van der Waals surface area contributed by atoms with E-state index >= 15 is 0 Å². The normalized spacial score (nSPS) is 38.2. The Morgan fingerprint density at radius 3 is 2.62 bits per heavy atom. The van der Waals surface area contributed by atoms with Gasteiger partial charge in [-0.25, -0.2) is 0 Å². The topological polar surface area (TPSA) is 40.5 Å². The molecule has 1 heterocycles.